The number of amides is 1. The highest BCUT2D eigenvalue weighted by Crippen LogP contribution is 2.20. The minimum atomic E-state index is -0.339. The summed E-state index contributed by atoms with van der Waals surface area (Å²) in [5.41, 5.74) is 1.58. The van der Waals surface area contributed by atoms with Crippen LogP contribution in [0.4, 0.5) is 5.69 Å². The molecule has 1 atom stereocenters. The molecule has 3 rings (SSSR count). The highest BCUT2D eigenvalue weighted by molar-refractivity contribution is 5.89. The van der Waals surface area contributed by atoms with Crippen molar-refractivity contribution in [3.05, 3.63) is 48.3 Å². The fraction of sp³-hybridized carbons (Fsp3) is 0.389. The summed E-state index contributed by atoms with van der Waals surface area (Å²) in [6, 6.07) is 9.28. The molecule has 0 spiro atoms. The molecule has 2 heterocycles. The maximum atomic E-state index is 12.5. The van der Waals surface area contributed by atoms with Crippen molar-refractivity contribution in [3.8, 4) is 0 Å². The summed E-state index contributed by atoms with van der Waals surface area (Å²) in [5, 5.41) is 4.09. The van der Waals surface area contributed by atoms with E-state index < -0.39 is 0 Å². The molecule has 1 aliphatic heterocycles. The molecule has 0 radical (unpaired) electrons. The molecule has 7 heteroatoms. The molecule has 25 heavy (non-hydrogen) atoms. The van der Waals surface area contributed by atoms with Gasteiger partial charge in [0, 0.05) is 43.8 Å². The van der Waals surface area contributed by atoms with Crippen LogP contribution < -0.4 is 4.90 Å². The Morgan fingerprint density at radius 2 is 2.00 bits per heavy atom. The number of carbonyl (C=O) groups is 2. The Labute approximate surface area is 146 Å². The Morgan fingerprint density at radius 1 is 1.24 bits per heavy atom. The molecular weight excluding hydrogens is 320 g/mol. The van der Waals surface area contributed by atoms with Crippen molar-refractivity contribution in [2.24, 2.45) is 0 Å². The van der Waals surface area contributed by atoms with Crippen LogP contribution in [0.1, 0.15) is 17.3 Å². The van der Waals surface area contributed by atoms with E-state index >= 15 is 0 Å². The van der Waals surface area contributed by atoms with E-state index in [0.29, 0.717) is 12.1 Å². The second-order valence-corrected chi connectivity index (χ2v) is 6.12. The van der Waals surface area contributed by atoms with Crippen LogP contribution in [0.5, 0.6) is 0 Å². The molecule has 0 bridgehead atoms. The van der Waals surface area contributed by atoms with Crippen LogP contribution in [0, 0.1) is 0 Å². The summed E-state index contributed by atoms with van der Waals surface area (Å²) in [6.45, 7) is 4.50. The number of ether oxygens (including phenoxy) is 1. The molecule has 0 saturated carbocycles. The van der Waals surface area contributed by atoms with Gasteiger partial charge in [-0.25, -0.2) is 4.79 Å². The average molecular weight is 342 g/mol. The van der Waals surface area contributed by atoms with Crippen molar-refractivity contribution < 1.29 is 14.3 Å². The number of nitrogens with zero attached hydrogens (tertiary/aromatic N) is 4. The summed E-state index contributed by atoms with van der Waals surface area (Å²) in [7, 11) is 1.37. The minimum Gasteiger partial charge on any atom is -0.465 e. The van der Waals surface area contributed by atoms with Crippen LogP contribution >= 0.6 is 0 Å². The summed E-state index contributed by atoms with van der Waals surface area (Å²) < 4.78 is 6.36. The lowest BCUT2D eigenvalue weighted by atomic mass is 10.1. The van der Waals surface area contributed by atoms with Gasteiger partial charge in [0.15, 0.2) is 0 Å². The zero-order valence-corrected chi connectivity index (χ0v) is 14.5. The van der Waals surface area contributed by atoms with Crippen molar-refractivity contribution in [3.63, 3.8) is 0 Å². The largest absolute Gasteiger partial charge is 0.465 e. The number of hydrogen-bond donors (Lipinski definition) is 0. The topological polar surface area (TPSA) is 67.7 Å². The lowest BCUT2D eigenvalue weighted by Gasteiger charge is -2.41. The molecule has 7 nitrogen and oxygen atoms in total. The Morgan fingerprint density at radius 3 is 2.60 bits per heavy atom. The maximum absolute atomic E-state index is 12.5. The number of hydrogen-bond acceptors (Lipinski definition) is 5. The predicted octanol–water partition coefficient (Wildman–Crippen LogP) is 1.41. The van der Waals surface area contributed by atoms with Crippen molar-refractivity contribution >= 4 is 17.6 Å². The second kappa shape index (κ2) is 7.38. The van der Waals surface area contributed by atoms with Gasteiger partial charge in [0.25, 0.3) is 0 Å². The highest BCUT2D eigenvalue weighted by Gasteiger charge is 2.27. The van der Waals surface area contributed by atoms with E-state index in [1.54, 1.807) is 29.2 Å². The number of rotatable bonds is 4. The van der Waals surface area contributed by atoms with Gasteiger partial charge in [0.2, 0.25) is 5.91 Å². The molecule has 2 aromatic rings. The third-order valence-electron chi connectivity index (χ3n) is 4.46. The number of carbonyl (C=O) groups excluding carboxylic acids is 2. The quantitative estimate of drug-likeness (QED) is 0.786. The van der Waals surface area contributed by atoms with Gasteiger partial charge in [-0.2, -0.15) is 5.10 Å². The molecule has 1 fully saturated rings. The van der Waals surface area contributed by atoms with E-state index in [0.717, 1.165) is 18.8 Å². The number of methoxy groups -OCH3 is 1. The van der Waals surface area contributed by atoms with Crippen molar-refractivity contribution in [1.29, 1.82) is 0 Å². The first-order valence-corrected chi connectivity index (χ1v) is 8.28. The van der Waals surface area contributed by atoms with Gasteiger partial charge in [0.05, 0.1) is 12.7 Å². The fourth-order valence-corrected chi connectivity index (χ4v) is 3.11. The molecule has 1 aromatic heterocycles. The number of aromatic nitrogens is 2. The van der Waals surface area contributed by atoms with Crippen molar-refractivity contribution in [1.82, 2.24) is 14.7 Å². The number of piperazine rings is 1. The van der Waals surface area contributed by atoms with E-state index in [2.05, 4.69) is 16.9 Å². The number of benzene rings is 1. The summed E-state index contributed by atoms with van der Waals surface area (Å²) in [5.74, 6) is -0.258. The summed E-state index contributed by atoms with van der Waals surface area (Å²) in [4.78, 5) is 28.1. The Kier molecular flexibility index (Phi) is 5.02. The van der Waals surface area contributed by atoms with E-state index in [1.165, 1.54) is 7.11 Å². The Balaban J connectivity index is 1.61. The monoisotopic (exact) mass is 342 g/mol. The van der Waals surface area contributed by atoms with Crippen LogP contribution in [0.15, 0.2) is 42.7 Å². The second-order valence-electron chi connectivity index (χ2n) is 6.12. The van der Waals surface area contributed by atoms with Crippen LogP contribution in [0.3, 0.4) is 0 Å². The molecule has 1 aliphatic rings. The predicted molar refractivity (Wildman–Crippen MR) is 93.4 cm³/mol. The van der Waals surface area contributed by atoms with Crippen LogP contribution in [-0.4, -0.2) is 59.3 Å². The first-order chi connectivity index (χ1) is 12.1. The molecule has 1 aromatic carbocycles. The smallest absolute Gasteiger partial charge is 0.337 e. The zero-order valence-electron chi connectivity index (χ0n) is 14.5. The Bertz CT molecular complexity index is 727. The van der Waals surface area contributed by atoms with Gasteiger partial charge in [0.1, 0.15) is 6.54 Å². The first-order valence-electron chi connectivity index (χ1n) is 8.28. The number of esters is 1. The van der Waals surface area contributed by atoms with Crippen molar-refractivity contribution in [2.45, 2.75) is 19.5 Å². The maximum Gasteiger partial charge on any atom is 0.337 e. The SMILES string of the molecule is COC(=O)c1ccc(N2CCN(C(=O)Cn3cccn3)[C@H](C)C2)cc1. The molecule has 0 N–H and O–H groups in total. The van der Waals surface area contributed by atoms with E-state index in [1.807, 2.05) is 23.1 Å². The first kappa shape index (κ1) is 17.0. The lowest BCUT2D eigenvalue weighted by molar-refractivity contribution is -0.134. The number of anilines is 1. The van der Waals surface area contributed by atoms with Gasteiger partial charge in [-0.15, -0.1) is 0 Å². The molecular formula is C18H22N4O3. The summed E-state index contributed by atoms with van der Waals surface area (Å²) >= 11 is 0. The van der Waals surface area contributed by atoms with E-state index in [-0.39, 0.29) is 24.5 Å². The van der Waals surface area contributed by atoms with Crippen LogP contribution in [0.25, 0.3) is 0 Å². The standard InChI is InChI=1S/C18H22N4O3/c1-14-12-20(16-6-4-15(5-7-16)18(24)25-2)10-11-22(14)17(23)13-21-9-3-8-19-21/h3-9,14H,10-13H2,1-2H3/t14-/m1/s1. The van der Waals surface area contributed by atoms with Crippen LogP contribution in [0.2, 0.25) is 0 Å². The molecule has 1 amide bonds. The van der Waals surface area contributed by atoms with Gasteiger partial charge in [-0.3, -0.25) is 9.48 Å². The molecule has 132 valence electrons. The third-order valence-corrected chi connectivity index (χ3v) is 4.46. The van der Waals surface area contributed by atoms with Gasteiger partial charge in [-0.1, -0.05) is 0 Å². The van der Waals surface area contributed by atoms with Gasteiger partial charge < -0.3 is 14.5 Å². The lowest BCUT2D eigenvalue weighted by Crippen LogP contribution is -2.54. The van der Waals surface area contributed by atoms with Crippen LogP contribution in [-0.2, 0) is 16.1 Å². The van der Waals surface area contributed by atoms with Gasteiger partial charge in [-0.05, 0) is 37.3 Å². The van der Waals surface area contributed by atoms with Crippen molar-refractivity contribution in [2.75, 3.05) is 31.6 Å². The molecule has 0 unspecified atom stereocenters. The third kappa shape index (κ3) is 3.81. The summed E-state index contributed by atoms with van der Waals surface area (Å²) in [6.07, 6.45) is 3.47. The average Bonchev–Trinajstić information content (AvgIpc) is 3.14. The Hall–Kier alpha value is -2.83. The fourth-order valence-electron chi connectivity index (χ4n) is 3.11. The van der Waals surface area contributed by atoms with E-state index in [4.69, 9.17) is 4.74 Å². The van der Waals surface area contributed by atoms with E-state index in [9.17, 15) is 9.59 Å². The van der Waals surface area contributed by atoms with Gasteiger partial charge >= 0.3 is 5.97 Å². The minimum absolute atomic E-state index is 0.0805. The highest BCUT2D eigenvalue weighted by atomic mass is 16.5. The molecule has 0 aliphatic carbocycles. The normalized spacial score (nSPS) is 17.4. The molecule has 1 saturated heterocycles. The zero-order chi connectivity index (χ0) is 17.8.